The molecule has 1 aliphatic rings. The van der Waals surface area contributed by atoms with Crippen LogP contribution < -0.4 is 5.01 Å². The number of hydrogen-bond donors (Lipinski definition) is 0. The van der Waals surface area contributed by atoms with E-state index < -0.39 is 0 Å². The molecular formula is C23H32N6S. The van der Waals surface area contributed by atoms with Crippen molar-refractivity contribution in [2.24, 2.45) is 7.05 Å². The van der Waals surface area contributed by atoms with Crippen molar-refractivity contribution in [2.45, 2.75) is 65.0 Å². The Hall–Kier alpha value is -2.25. The van der Waals surface area contributed by atoms with Gasteiger partial charge in [0.05, 0.1) is 5.69 Å². The van der Waals surface area contributed by atoms with E-state index in [2.05, 4.69) is 85.2 Å². The molecule has 0 bridgehead atoms. The topological polar surface area (TPSA) is 50.1 Å². The highest BCUT2D eigenvalue weighted by molar-refractivity contribution is 7.18. The van der Waals surface area contributed by atoms with Gasteiger partial charge in [0, 0.05) is 42.5 Å². The van der Waals surface area contributed by atoms with Gasteiger partial charge in [0.2, 0.25) is 5.13 Å². The summed E-state index contributed by atoms with van der Waals surface area (Å²) in [5.41, 5.74) is 4.58. The Morgan fingerprint density at radius 2 is 1.67 bits per heavy atom. The fourth-order valence-corrected chi connectivity index (χ4v) is 5.92. The molecule has 6 nitrogen and oxygen atoms in total. The summed E-state index contributed by atoms with van der Waals surface area (Å²) in [6.45, 7) is 11.4. The number of rotatable bonds is 4. The molecule has 7 heteroatoms. The van der Waals surface area contributed by atoms with Crippen molar-refractivity contribution in [3.8, 4) is 21.8 Å². The second-order valence-corrected chi connectivity index (χ2v) is 10.5. The Labute approximate surface area is 183 Å². The largest absolute Gasteiger partial charge is 0.282 e. The zero-order valence-corrected chi connectivity index (χ0v) is 19.9. The summed E-state index contributed by atoms with van der Waals surface area (Å²) in [4.78, 5) is 0. The number of piperidine rings is 1. The molecule has 0 aliphatic carbocycles. The van der Waals surface area contributed by atoms with Gasteiger partial charge in [0.15, 0.2) is 0 Å². The van der Waals surface area contributed by atoms with Crippen molar-refractivity contribution in [3.05, 3.63) is 36.0 Å². The van der Waals surface area contributed by atoms with Gasteiger partial charge < -0.3 is 0 Å². The summed E-state index contributed by atoms with van der Waals surface area (Å²) >= 11 is 1.65. The van der Waals surface area contributed by atoms with Crippen LogP contribution in [0.2, 0.25) is 0 Å². The number of nitrogens with zero attached hydrogens (tertiary/aromatic N) is 6. The van der Waals surface area contributed by atoms with Crippen molar-refractivity contribution in [1.29, 1.82) is 0 Å². The molecule has 3 aromatic rings. The minimum absolute atomic E-state index is 0.0805. The predicted octanol–water partition coefficient (Wildman–Crippen LogP) is 5.31. The van der Waals surface area contributed by atoms with Crippen LogP contribution in [0.1, 0.15) is 52.5 Å². The van der Waals surface area contributed by atoms with Gasteiger partial charge in [-0.15, -0.1) is 10.2 Å². The smallest absolute Gasteiger partial charge is 0.222 e. The number of aromatic nitrogens is 4. The highest BCUT2D eigenvalue weighted by atomic mass is 32.1. The minimum Gasteiger partial charge on any atom is -0.282 e. The van der Waals surface area contributed by atoms with Crippen molar-refractivity contribution in [1.82, 2.24) is 25.0 Å². The summed E-state index contributed by atoms with van der Waals surface area (Å²) < 4.78 is 1.83. The monoisotopic (exact) mass is 424 g/mol. The summed E-state index contributed by atoms with van der Waals surface area (Å²) in [7, 11) is 4.06. The van der Waals surface area contributed by atoms with Crippen LogP contribution in [0.25, 0.3) is 21.8 Å². The van der Waals surface area contributed by atoms with E-state index in [1.54, 1.807) is 11.3 Å². The SMILES string of the molecule is Cc1c(-c2ccn(C)n2)cccc1-c1nnc(N(C)N2C(C)(C)CCCC2(C)C)s1. The van der Waals surface area contributed by atoms with Crippen LogP contribution in [0.5, 0.6) is 0 Å². The third-order valence-corrected chi connectivity index (χ3v) is 7.29. The molecule has 30 heavy (non-hydrogen) atoms. The summed E-state index contributed by atoms with van der Waals surface area (Å²) in [5.74, 6) is 0. The van der Waals surface area contributed by atoms with E-state index in [4.69, 9.17) is 0 Å². The van der Waals surface area contributed by atoms with Crippen molar-refractivity contribution >= 4 is 16.5 Å². The number of benzene rings is 1. The lowest BCUT2D eigenvalue weighted by Gasteiger charge is -2.55. The molecule has 1 fully saturated rings. The molecule has 0 amide bonds. The Morgan fingerprint density at radius 1 is 1.00 bits per heavy atom. The molecule has 4 rings (SSSR count). The van der Waals surface area contributed by atoms with Crippen LogP contribution in [0.3, 0.4) is 0 Å². The third-order valence-electron chi connectivity index (χ3n) is 6.27. The zero-order valence-electron chi connectivity index (χ0n) is 19.1. The van der Waals surface area contributed by atoms with E-state index in [1.807, 2.05) is 24.0 Å². The van der Waals surface area contributed by atoms with E-state index in [-0.39, 0.29) is 11.1 Å². The first kappa shape index (κ1) is 21.0. The quantitative estimate of drug-likeness (QED) is 0.568. The Morgan fingerprint density at radius 3 is 2.30 bits per heavy atom. The van der Waals surface area contributed by atoms with E-state index >= 15 is 0 Å². The van der Waals surface area contributed by atoms with Gasteiger partial charge in [-0.3, -0.25) is 9.69 Å². The van der Waals surface area contributed by atoms with Crippen LogP contribution in [-0.4, -0.2) is 43.1 Å². The fourth-order valence-electron chi connectivity index (χ4n) is 5.04. The first-order valence-corrected chi connectivity index (χ1v) is 11.4. The molecular weight excluding hydrogens is 392 g/mol. The molecule has 0 spiro atoms. The molecule has 3 heterocycles. The molecule has 0 saturated carbocycles. The van der Waals surface area contributed by atoms with Gasteiger partial charge in [-0.1, -0.05) is 29.5 Å². The lowest BCUT2D eigenvalue weighted by Crippen LogP contribution is -2.64. The van der Waals surface area contributed by atoms with Gasteiger partial charge in [0.1, 0.15) is 5.01 Å². The van der Waals surface area contributed by atoms with Crippen molar-refractivity contribution in [2.75, 3.05) is 12.1 Å². The number of hydrazine groups is 1. The highest BCUT2D eigenvalue weighted by Crippen LogP contribution is 2.42. The summed E-state index contributed by atoms with van der Waals surface area (Å²) in [5, 5.41) is 20.3. The van der Waals surface area contributed by atoms with Crippen LogP contribution >= 0.6 is 11.3 Å². The highest BCUT2D eigenvalue weighted by Gasteiger charge is 2.44. The Balaban J connectivity index is 1.68. The van der Waals surface area contributed by atoms with Crippen LogP contribution in [0, 0.1) is 6.92 Å². The van der Waals surface area contributed by atoms with Gasteiger partial charge in [-0.05, 0) is 65.5 Å². The molecule has 1 aliphatic heterocycles. The van der Waals surface area contributed by atoms with Crippen LogP contribution in [0.15, 0.2) is 30.5 Å². The Kier molecular flexibility index (Phi) is 5.22. The predicted molar refractivity (Wildman–Crippen MR) is 125 cm³/mol. The first-order chi connectivity index (χ1) is 14.1. The second kappa shape index (κ2) is 7.46. The standard InChI is InChI=1S/C23H32N6S/c1-16-17(19-12-15-27(6)26-19)10-8-11-18(16)20-24-25-21(30-20)28(7)29-22(2,3)13-9-14-23(29,4)5/h8,10-12,15H,9,13-14H2,1-7H3. The van der Waals surface area contributed by atoms with Gasteiger partial charge in [-0.2, -0.15) is 5.10 Å². The molecule has 1 aromatic carbocycles. The van der Waals surface area contributed by atoms with E-state index in [0.29, 0.717) is 0 Å². The fraction of sp³-hybridized carbons (Fsp3) is 0.522. The number of anilines is 1. The zero-order chi connectivity index (χ0) is 21.7. The lowest BCUT2D eigenvalue weighted by molar-refractivity contribution is -0.0326. The minimum atomic E-state index is 0.0805. The van der Waals surface area contributed by atoms with Crippen LogP contribution in [0.4, 0.5) is 5.13 Å². The van der Waals surface area contributed by atoms with Crippen molar-refractivity contribution in [3.63, 3.8) is 0 Å². The maximum absolute atomic E-state index is 4.58. The average molecular weight is 425 g/mol. The van der Waals surface area contributed by atoms with E-state index in [9.17, 15) is 0 Å². The summed E-state index contributed by atoms with van der Waals surface area (Å²) in [6.07, 6.45) is 5.59. The van der Waals surface area contributed by atoms with E-state index in [1.165, 1.54) is 24.8 Å². The average Bonchev–Trinajstić information content (AvgIpc) is 3.29. The molecule has 2 aromatic heterocycles. The molecule has 0 radical (unpaired) electrons. The maximum Gasteiger partial charge on any atom is 0.222 e. The van der Waals surface area contributed by atoms with E-state index in [0.717, 1.165) is 27.0 Å². The molecule has 160 valence electrons. The Bertz CT molecular complexity index is 1030. The molecule has 0 N–H and O–H groups in total. The van der Waals surface area contributed by atoms with Crippen LogP contribution in [-0.2, 0) is 7.05 Å². The maximum atomic E-state index is 4.58. The normalized spacial score (nSPS) is 18.5. The summed E-state index contributed by atoms with van der Waals surface area (Å²) in [6, 6.07) is 8.37. The third kappa shape index (κ3) is 3.65. The van der Waals surface area contributed by atoms with Gasteiger partial charge in [-0.25, -0.2) is 5.01 Å². The number of hydrogen-bond acceptors (Lipinski definition) is 6. The second-order valence-electron chi connectivity index (χ2n) is 9.56. The van der Waals surface area contributed by atoms with Gasteiger partial charge in [0.25, 0.3) is 0 Å². The molecule has 1 saturated heterocycles. The molecule has 0 unspecified atom stereocenters. The lowest BCUT2D eigenvalue weighted by atomic mass is 9.81. The number of aryl methyl sites for hydroxylation is 1. The van der Waals surface area contributed by atoms with Crippen molar-refractivity contribution < 1.29 is 0 Å². The first-order valence-electron chi connectivity index (χ1n) is 10.6. The van der Waals surface area contributed by atoms with Gasteiger partial charge >= 0.3 is 0 Å². The molecule has 0 atom stereocenters.